The number of carboxylic acids is 1. The van der Waals surface area contributed by atoms with E-state index in [1.807, 2.05) is 0 Å². The first kappa shape index (κ1) is 14.4. The van der Waals surface area contributed by atoms with E-state index < -0.39 is 5.97 Å². The van der Waals surface area contributed by atoms with Gasteiger partial charge in [0.1, 0.15) is 0 Å². The highest BCUT2D eigenvalue weighted by atomic mass is 16.4. The van der Waals surface area contributed by atoms with Crippen LogP contribution in [0.4, 0.5) is 0 Å². The first-order valence-corrected chi connectivity index (χ1v) is 8.97. The third-order valence-corrected chi connectivity index (χ3v) is 6.54. The normalized spacial score (nSPS) is 38.3. The Labute approximate surface area is 123 Å². The fourth-order valence-corrected chi connectivity index (χ4v) is 5.53. The highest BCUT2D eigenvalue weighted by Crippen LogP contribution is 2.62. The summed E-state index contributed by atoms with van der Waals surface area (Å²) < 4.78 is 0. The molecule has 0 radical (unpaired) electrons. The second kappa shape index (κ2) is 6.49. The van der Waals surface area contributed by atoms with Crippen LogP contribution in [-0.2, 0) is 4.79 Å². The SMILES string of the molecule is O=C(O)CCCCCCC[C@@H]1CC2C3CCCC3CC21. The molecular weight excluding hydrogens is 248 g/mol. The number of carboxylic acid groups (broad SMARTS) is 1. The molecule has 2 nitrogen and oxygen atoms in total. The van der Waals surface area contributed by atoms with E-state index in [0.29, 0.717) is 6.42 Å². The summed E-state index contributed by atoms with van der Waals surface area (Å²) in [6.07, 6.45) is 15.4. The molecular formula is C18H30O2. The molecule has 3 saturated carbocycles. The summed E-state index contributed by atoms with van der Waals surface area (Å²) in [5, 5.41) is 8.58. The van der Waals surface area contributed by atoms with E-state index in [9.17, 15) is 4.79 Å². The van der Waals surface area contributed by atoms with Crippen LogP contribution in [0.15, 0.2) is 0 Å². The van der Waals surface area contributed by atoms with Crippen molar-refractivity contribution >= 4 is 5.97 Å². The van der Waals surface area contributed by atoms with E-state index >= 15 is 0 Å². The first-order chi connectivity index (χ1) is 9.75. The lowest BCUT2D eigenvalue weighted by molar-refractivity contribution is -0.137. The Hall–Kier alpha value is -0.530. The van der Waals surface area contributed by atoms with E-state index in [0.717, 1.165) is 42.4 Å². The molecule has 1 N–H and O–H groups in total. The van der Waals surface area contributed by atoms with Gasteiger partial charge in [-0.05, 0) is 55.3 Å². The van der Waals surface area contributed by atoms with Crippen molar-refractivity contribution in [3.63, 3.8) is 0 Å². The number of rotatable bonds is 8. The fourth-order valence-electron chi connectivity index (χ4n) is 5.53. The minimum atomic E-state index is -0.641. The van der Waals surface area contributed by atoms with E-state index in [1.54, 1.807) is 19.3 Å². The second-order valence-corrected chi connectivity index (χ2v) is 7.61. The van der Waals surface area contributed by atoms with Gasteiger partial charge in [-0.3, -0.25) is 4.79 Å². The molecule has 0 bridgehead atoms. The molecule has 0 aromatic rings. The van der Waals surface area contributed by atoms with Crippen LogP contribution in [0.25, 0.3) is 0 Å². The lowest BCUT2D eigenvalue weighted by atomic mass is 9.62. The minimum absolute atomic E-state index is 0.356. The summed E-state index contributed by atoms with van der Waals surface area (Å²) in [5.41, 5.74) is 0. The zero-order chi connectivity index (χ0) is 13.9. The molecule has 2 heteroatoms. The Morgan fingerprint density at radius 1 is 0.900 bits per heavy atom. The van der Waals surface area contributed by atoms with Gasteiger partial charge in [0.2, 0.25) is 0 Å². The van der Waals surface area contributed by atoms with Crippen molar-refractivity contribution in [2.75, 3.05) is 0 Å². The van der Waals surface area contributed by atoms with Crippen LogP contribution in [0.5, 0.6) is 0 Å². The van der Waals surface area contributed by atoms with Crippen LogP contribution in [-0.4, -0.2) is 11.1 Å². The van der Waals surface area contributed by atoms with Gasteiger partial charge in [0.15, 0.2) is 0 Å². The maximum absolute atomic E-state index is 10.4. The first-order valence-electron chi connectivity index (χ1n) is 8.97. The number of carbonyl (C=O) groups is 1. The van der Waals surface area contributed by atoms with Gasteiger partial charge in [-0.25, -0.2) is 0 Å². The lowest BCUT2D eigenvalue weighted by Crippen LogP contribution is -2.35. The zero-order valence-corrected chi connectivity index (χ0v) is 12.7. The highest BCUT2D eigenvalue weighted by molar-refractivity contribution is 5.66. The van der Waals surface area contributed by atoms with Crippen molar-refractivity contribution in [2.45, 2.75) is 77.0 Å². The predicted octanol–water partition coefficient (Wildman–Crippen LogP) is 4.87. The summed E-state index contributed by atoms with van der Waals surface area (Å²) >= 11 is 0. The van der Waals surface area contributed by atoms with Gasteiger partial charge in [-0.1, -0.05) is 44.9 Å². The van der Waals surface area contributed by atoms with Crippen molar-refractivity contribution in [1.29, 1.82) is 0 Å². The van der Waals surface area contributed by atoms with Crippen molar-refractivity contribution in [2.24, 2.45) is 29.6 Å². The molecule has 3 rings (SSSR count). The molecule has 0 spiro atoms. The van der Waals surface area contributed by atoms with Crippen LogP contribution in [0.3, 0.4) is 0 Å². The largest absolute Gasteiger partial charge is 0.481 e. The third kappa shape index (κ3) is 3.04. The van der Waals surface area contributed by atoms with E-state index in [4.69, 9.17) is 5.11 Å². The molecule has 0 heterocycles. The number of hydrogen-bond acceptors (Lipinski definition) is 1. The van der Waals surface area contributed by atoms with Crippen molar-refractivity contribution in [1.82, 2.24) is 0 Å². The summed E-state index contributed by atoms with van der Waals surface area (Å²) in [4.78, 5) is 10.4. The van der Waals surface area contributed by atoms with Crippen LogP contribution in [0, 0.1) is 29.6 Å². The smallest absolute Gasteiger partial charge is 0.303 e. The van der Waals surface area contributed by atoms with E-state index in [-0.39, 0.29) is 0 Å². The summed E-state index contributed by atoms with van der Waals surface area (Å²) in [6, 6.07) is 0. The predicted molar refractivity (Wildman–Crippen MR) is 80.5 cm³/mol. The minimum Gasteiger partial charge on any atom is -0.481 e. The summed E-state index contributed by atoms with van der Waals surface area (Å²) in [7, 11) is 0. The fraction of sp³-hybridized carbons (Fsp3) is 0.944. The monoisotopic (exact) mass is 278 g/mol. The standard InChI is InChI=1S/C18H30O2/c19-18(20)10-5-3-1-2-4-7-14-12-17-15-9-6-8-13(15)11-16(14)17/h13-17H,1-12H2,(H,19,20)/t13?,14-,15?,16?,17?/m1/s1. The highest BCUT2D eigenvalue weighted by Gasteiger charge is 2.53. The topological polar surface area (TPSA) is 37.3 Å². The number of unbranched alkanes of at least 4 members (excludes halogenated alkanes) is 4. The van der Waals surface area contributed by atoms with E-state index in [2.05, 4.69) is 0 Å². The Balaban J connectivity index is 1.24. The number of hydrogen-bond donors (Lipinski definition) is 1. The van der Waals surface area contributed by atoms with Gasteiger partial charge in [0.25, 0.3) is 0 Å². The van der Waals surface area contributed by atoms with Gasteiger partial charge in [0, 0.05) is 6.42 Å². The molecule has 0 aliphatic heterocycles. The molecule has 114 valence electrons. The van der Waals surface area contributed by atoms with Crippen molar-refractivity contribution in [3.8, 4) is 0 Å². The Kier molecular flexibility index (Phi) is 4.68. The Bertz CT molecular complexity index is 338. The van der Waals surface area contributed by atoms with Crippen molar-refractivity contribution < 1.29 is 9.90 Å². The molecule has 0 amide bonds. The molecule has 0 aromatic carbocycles. The average molecular weight is 278 g/mol. The average Bonchev–Trinajstić information content (AvgIpc) is 2.93. The molecule has 0 aromatic heterocycles. The molecule has 20 heavy (non-hydrogen) atoms. The van der Waals surface area contributed by atoms with Gasteiger partial charge < -0.3 is 5.11 Å². The maximum atomic E-state index is 10.4. The molecule has 3 aliphatic carbocycles. The molecule has 3 fully saturated rings. The molecule has 4 unspecified atom stereocenters. The molecule has 3 aliphatic rings. The summed E-state index contributed by atoms with van der Waals surface area (Å²) in [5.74, 6) is 4.90. The zero-order valence-electron chi connectivity index (χ0n) is 12.7. The lowest BCUT2D eigenvalue weighted by Gasteiger charge is -2.43. The number of aliphatic carboxylic acids is 1. The second-order valence-electron chi connectivity index (χ2n) is 7.61. The summed E-state index contributed by atoms with van der Waals surface area (Å²) in [6.45, 7) is 0. The van der Waals surface area contributed by atoms with Crippen molar-refractivity contribution in [3.05, 3.63) is 0 Å². The van der Waals surface area contributed by atoms with Gasteiger partial charge in [-0.2, -0.15) is 0 Å². The van der Waals surface area contributed by atoms with E-state index in [1.165, 1.54) is 38.5 Å². The quantitative estimate of drug-likeness (QED) is 0.643. The van der Waals surface area contributed by atoms with Crippen LogP contribution in [0.1, 0.15) is 77.0 Å². The molecule has 0 saturated heterocycles. The van der Waals surface area contributed by atoms with Gasteiger partial charge >= 0.3 is 5.97 Å². The third-order valence-electron chi connectivity index (χ3n) is 6.54. The maximum Gasteiger partial charge on any atom is 0.303 e. The molecule has 5 atom stereocenters. The Morgan fingerprint density at radius 2 is 1.70 bits per heavy atom. The van der Waals surface area contributed by atoms with Gasteiger partial charge in [-0.15, -0.1) is 0 Å². The van der Waals surface area contributed by atoms with Crippen LogP contribution < -0.4 is 0 Å². The van der Waals surface area contributed by atoms with Crippen LogP contribution >= 0.6 is 0 Å². The Morgan fingerprint density at radius 3 is 2.55 bits per heavy atom. The number of fused-ring (bicyclic) bond motifs is 3. The van der Waals surface area contributed by atoms with Crippen LogP contribution in [0.2, 0.25) is 0 Å². The van der Waals surface area contributed by atoms with Gasteiger partial charge in [0.05, 0.1) is 0 Å².